The first-order chi connectivity index (χ1) is 16.5. The van der Waals surface area contributed by atoms with Crippen LogP contribution in [0.1, 0.15) is 102 Å². The fraction of sp³-hybridized carbons (Fsp3) is 0.654. The number of thioether (sulfide) groups is 1. The number of unbranched alkanes of at least 4 members (excludes halogenated alkanes) is 8. The van der Waals surface area contributed by atoms with Crippen molar-refractivity contribution >= 4 is 39.6 Å². The lowest BCUT2D eigenvalue weighted by atomic mass is 10.1. The van der Waals surface area contributed by atoms with Crippen molar-refractivity contribution in [2.45, 2.75) is 101 Å². The van der Waals surface area contributed by atoms with E-state index in [0.717, 1.165) is 19.3 Å². The van der Waals surface area contributed by atoms with Gasteiger partial charge in [-0.3, -0.25) is 9.59 Å². The van der Waals surface area contributed by atoms with Crippen LogP contribution in [-0.2, 0) is 24.3 Å². The standard InChI is InChI=1S/C26H39NO6S2/c1-26(2,3)34-20-12-10-8-6-4-5-7-9-11-19-33-25(30)21-13-15-22(16-14-21)35(31,32)27-23(28)17-18-24(27)29/h13-16H,4-12,17-20H2,1-3H3. The SMILES string of the molecule is CC(C)(C)SCCCCCCCCCCCOC(=O)c1ccc(S(=O)(=O)N2C(=O)CCC2=O)cc1. The summed E-state index contributed by atoms with van der Waals surface area (Å²) >= 11 is 2.04. The van der Waals surface area contributed by atoms with E-state index in [1.54, 1.807) is 0 Å². The second-order valence-corrected chi connectivity index (χ2v) is 13.6. The molecule has 0 aliphatic carbocycles. The van der Waals surface area contributed by atoms with E-state index in [9.17, 15) is 22.8 Å². The molecule has 0 saturated carbocycles. The molecule has 2 amide bonds. The van der Waals surface area contributed by atoms with Crippen molar-refractivity contribution in [3.63, 3.8) is 0 Å². The number of ether oxygens (including phenoxy) is 1. The Morgan fingerprint density at radius 3 is 1.86 bits per heavy atom. The largest absolute Gasteiger partial charge is 0.462 e. The summed E-state index contributed by atoms with van der Waals surface area (Å²) < 4.78 is 31.0. The first kappa shape index (κ1) is 29.4. The van der Waals surface area contributed by atoms with Crippen molar-refractivity contribution in [3.05, 3.63) is 29.8 Å². The number of imide groups is 1. The predicted octanol–water partition coefficient (Wildman–Crippen LogP) is 5.72. The van der Waals surface area contributed by atoms with E-state index >= 15 is 0 Å². The number of carbonyl (C=O) groups is 3. The Kier molecular flexibility index (Phi) is 11.8. The number of amides is 2. The smallest absolute Gasteiger partial charge is 0.338 e. The molecule has 0 unspecified atom stereocenters. The van der Waals surface area contributed by atoms with E-state index in [2.05, 4.69) is 20.8 Å². The number of nitrogens with zero attached hydrogens (tertiary/aromatic N) is 1. The fourth-order valence-corrected chi connectivity index (χ4v) is 6.13. The average molecular weight is 526 g/mol. The first-order valence-corrected chi connectivity index (χ1v) is 15.0. The molecule has 0 N–H and O–H groups in total. The number of benzene rings is 1. The van der Waals surface area contributed by atoms with E-state index in [1.807, 2.05) is 11.8 Å². The van der Waals surface area contributed by atoms with Crippen LogP contribution < -0.4 is 0 Å². The van der Waals surface area contributed by atoms with Crippen LogP contribution in [0.25, 0.3) is 0 Å². The minimum Gasteiger partial charge on any atom is -0.462 e. The quantitative estimate of drug-likeness (QED) is 0.164. The van der Waals surface area contributed by atoms with Crippen molar-refractivity contribution < 1.29 is 27.5 Å². The highest BCUT2D eigenvalue weighted by molar-refractivity contribution is 8.00. The molecule has 196 valence electrons. The summed E-state index contributed by atoms with van der Waals surface area (Å²) in [6, 6.07) is 5.10. The Bertz CT molecular complexity index is 935. The van der Waals surface area contributed by atoms with Crippen LogP contribution in [0.4, 0.5) is 0 Å². The third-order valence-electron chi connectivity index (χ3n) is 5.69. The number of rotatable bonds is 15. The molecular weight excluding hydrogens is 486 g/mol. The molecule has 0 aromatic heterocycles. The maximum atomic E-state index is 12.5. The average Bonchev–Trinajstić information content (AvgIpc) is 3.14. The molecule has 1 heterocycles. The van der Waals surface area contributed by atoms with Crippen LogP contribution in [0.5, 0.6) is 0 Å². The van der Waals surface area contributed by atoms with Gasteiger partial charge in [0.1, 0.15) is 0 Å². The number of hydrogen-bond acceptors (Lipinski definition) is 7. The van der Waals surface area contributed by atoms with Gasteiger partial charge in [0.25, 0.3) is 10.0 Å². The van der Waals surface area contributed by atoms with Gasteiger partial charge < -0.3 is 4.74 Å². The van der Waals surface area contributed by atoms with E-state index < -0.39 is 27.8 Å². The number of esters is 1. The first-order valence-electron chi connectivity index (χ1n) is 12.5. The second-order valence-electron chi connectivity index (χ2n) is 9.86. The van der Waals surface area contributed by atoms with Gasteiger partial charge in [-0.2, -0.15) is 16.1 Å². The summed E-state index contributed by atoms with van der Waals surface area (Å²) in [6.45, 7) is 7.10. The lowest BCUT2D eigenvalue weighted by Gasteiger charge is -2.17. The summed E-state index contributed by atoms with van der Waals surface area (Å²) in [7, 11) is -4.24. The molecule has 1 fully saturated rings. The normalized spacial score (nSPS) is 14.5. The number of sulfonamides is 1. The maximum absolute atomic E-state index is 12.5. The maximum Gasteiger partial charge on any atom is 0.338 e. The zero-order chi connectivity index (χ0) is 25.9. The van der Waals surface area contributed by atoms with Crippen molar-refractivity contribution in [1.82, 2.24) is 4.31 Å². The molecule has 0 radical (unpaired) electrons. The van der Waals surface area contributed by atoms with Gasteiger partial charge in [0.2, 0.25) is 11.8 Å². The number of hydrogen-bond donors (Lipinski definition) is 0. The monoisotopic (exact) mass is 525 g/mol. The van der Waals surface area contributed by atoms with Crippen molar-refractivity contribution in [1.29, 1.82) is 0 Å². The second kappa shape index (κ2) is 14.0. The molecular formula is C26H39NO6S2. The minimum atomic E-state index is -4.24. The molecule has 2 rings (SSSR count). The van der Waals surface area contributed by atoms with Crippen LogP contribution in [0.2, 0.25) is 0 Å². The molecule has 1 aromatic rings. The topological polar surface area (TPSA) is 97.8 Å². The van der Waals surface area contributed by atoms with Gasteiger partial charge in [0.15, 0.2) is 0 Å². The van der Waals surface area contributed by atoms with E-state index in [4.69, 9.17) is 4.74 Å². The summed E-state index contributed by atoms with van der Waals surface area (Å²) in [4.78, 5) is 35.5. The fourth-order valence-electron chi connectivity index (χ4n) is 3.76. The van der Waals surface area contributed by atoms with Gasteiger partial charge in [0, 0.05) is 17.6 Å². The van der Waals surface area contributed by atoms with Gasteiger partial charge >= 0.3 is 5.97 Å². The van der Waals surface area contributed by atoms with Crippen molar-refractivity contribution in [2.24, 2.45) is 0 Å². The molecule has 1 aliphatic heterocycles. The number of carbonyl (C=O) groups excluding carboxylic acids is 3. The van der Waals surface area contributed by atoms with Gasteiger partial charge in [-0.1, -0.05) is 65.7 Å². The molecule has 7 nitrogen and oxygen atoms in total. The zero-order valence-corrected chi connectivity index (χ0v) is 22.8. The van der Waals surface area contributed by atoms with Crippen LogP contribution in [-0.4, -0.2) is 47.6 Å². The summed E-state index contributed by atoms with van der Waals surface area (Å²) in [5.74, 6) is -0.744. The molecule has 0 bridgehead atoms. The predicted molar refractivity (Wildman–Crippen MR) is 139 cm³/mol. The highest BCUT2D eigenvalue weighted by atomic mass is 32.2. The highest BCUT2D eigenvalue weighted by Crippen LogP contribution is 2.25. The molecule has 1 saturated heterocycles. The lowest BCUT2D eigenvalue weighted by Crippen LogP contribution is -2.35. The van der Waals surface area contributed by atoms with E-state index in [0.29, 0.717) is 15.7 Å². The molecule has 1 aromatic carbocycles. The molecule has 35 heavy (non-hydrogen) atoms. The van der Waals surface area contributed by atoms with Gasteiger partial charge in [-0.05, 0) is 42.9 Å². The Balaban J connectivity index is 1.57. The molecule has 0 spiro atoms. The highest BCUT2D eigenvalue weighted by Gasteiger charge is 2.39. The Morgan fingerprint density at radius 2 is 1.34 bits per heavy atom. The molecule has 9 heteroatoms. The van der Waals surface area contributed by atoms with Crippen LogP contribution in [0.3, 0.4) is 0 Å². The lowest BCUT2D eigenvalue weighted by molar-refractivity contribution is -0.132. The molecule has 1 aliphatic rings. The Labute approximate surface area is 214 Å². The Morgan fingerprint density at radius 1 is 0.857 bits per heavy atom. The van der Waals surface area contributed by atoms with E-state index in [-0.39, 0.29) is 23.3 Å². The van der Waals surface area contributed by atoms with Gasteiger partial charge in [-0.15, -0.1) is 0 Å². The third kappa shape index (κ3) is 9.95. The summed E-state index contributed by atoms with van der Waals surface area (Å²) in [5, 5.41) is 0. The van der Waals surface area contributed by atoms with Gasteiger partial charge in [0.05, 0.1) is 17.1 Å². The van der Waals surface area contributed by atoms with Gasteiger partial charge in [-0.25, -0.2) is 13.2 Å². The van der Waals surface area contributed by atoms with Crippen LogP contribution in [0.15, 0.2) is 29.2 Å². The van der Waals surface area contributed by atoms with Crippen molar-refractivity contribution in [2.75, 3.05) is 12.4 Å². The third-order valence-corrected chi connectivity index (χ3v) is 8.81. The van der Waals surface area contributed by atoms with Crippen molar-refractivity contribution in [3.8, 4) is 0 Å². The molecule has 0 atom stereocenters. The minimum absolute atomic E-state index is 0.111. The van der Waals surface area contributed by atoms with Crippen LogP contribution in [0, 0.1) is 0 Å². The van der Waals surface area contributed by atoms with E-state index in [1.165, 1.54) is 68.5 Å². The summed E-state index contributed by atoms with van der Waals surface area (Å²) in [6.07, 6.45) is 10.3. The zero-order valence-electron chi connectivity index (χ0n) is 21.2. The Hall–Kier alpha value is -1.87. The summed E-state index contributed by atoms with van der Waals surface area (Å²) in [5.41, 5.74) is 0.226. The van der Waals surface area contributed by atoms with Crippen LogP contribution >= 0.6 is 11.8 Å².